The number of aromatic nitrogens is 1. The van der Waals surface area contributed by atoms with Gasteiger partial charge < -0.3 is 4.90 Å². The molecule has 1 fully saturated rings. The van der Waals surface area contributed by atoms with Crippen LogP contribution in [0.1, 0.15) is 36.5 Å². The molecule has 15 heavy (non-hydrogen) atoms. The molecule has 0 N–H and O–H groups in total. The van der Waals surface area contributed by atoms with E-state index in [0.717, 1.165) is 33.9 Å². The molecule has 1 aromatic rings. The summed E-state index contributed by atoms with van der Waals surface area (Å²) in [7, 11) is 0. The highest BCUT2D eigenvalue weighted by molar-refractivity contribution is 9.11. The van der Waals surface area contributed by atoms with Crippen LogP contribution in [-0.2, 0) is 4.79 Å². The Morgan fingerprint density at radius 2 is 2.40 bits per heavy atom. The first kappa shape index (κ1) is 11.1. The highest BCUT2D eigenvalue weighted by Crippen LogP contribution is 2.36. The summed E-state index contributed by atoms with van der Waals surface area (Å²) in [5.41, 5.74) is 1.02. The molecule has 1 amide bonds. The third-order valence-corrected chi connectivity index (χ3v) is 4.81. The van der Waals surface area contributed by atoms with E-state index in [2.05, 4.69) is 20.9 Å². The Balaban J connectivity index is 2.26. The lowest BCUT2D eigenvalue weighted by atomic mass is 10.2. The summed E-state index contributed by atoms with van der Waals surface area (Å²) >= 11 is 5.12. The monoisotopic (exact) mass is 288 g/mol. The maximum absolute atomic E-state index is 11.4. The third-order valence-electron chi connectivity index (χ3n) is 2.70. The summed E-state index contributed by atoms with van der Waals surface area (Å²) in [6, 6.07) is 0.206. The van der Waals surface area contributed by atoms with Crippen molar-refractivity contribution in [1.29, 1.82) is 0 Å². The Morgan fingerprint density at radius 1 is 1.67 bits per heavy atom. The lowest BCUT2D eigenvalue weighted by Gasteiger charge is -2.20. The maximum Gasteiger partial charge on any atom is 0.220 e. The molecule has 2 heterocycles. The zero-order valence-corrected chi connectivity index (χ0v) is 11.2. The minimum absolute atomic E-state index is 0.154. The van der Waals surface area contributed by atoms with E-state index in [1.165, 1.54) is 0 Å². The molecular formula is C10H13BrN2OS. The van der Waals surface area contributed by atoms with Gasteiger partial charge in [0.05, 0.1) is 15.5 Å². The smallest absolute Gasteiger partial charge is 0.220 e. The van der Waals surface area contributed by atoms with Gasteiger partial charge in [0.2, 0.25) is 5.91 Å². The van der Waals surface area contributed by atoms with E-state index in [1.807, 2.05) is 11.8 Å². The van der Waals surface area contributed by atoms with Gasteiger partial charge in [-0.15, -0.1) is 11.3 Å². The van der Waals surface area contributed by atoms with Crippen LogP contribution in [0.3, 0.4) is 0 Å². The summed E-state index contributed by atoms with van der Waals surface area (Å²) in [5.74, 6) is 0.154. The molecule has 0 aliphatic carbocycles. The van der Waals surface area contributed by atoms with Crippen LogP contribution in [-0.4, -0.2) is 22.3 Å². The van der Waals surface area contributed by atoms with E-state index in [9.17, 15) is 4.79 Å². The van der Waals surface area contributed by atoms with Gasteiger partial charge >= 0.3 is 0 Å². The number of carbonyl (C=O) groups excluding carboxylic acids is 1. The first-order valence-corrected chi connectivity index (χ1v) is 6.60. The number of rotatable bonds is 1. The molecule has 0 bridgehead atoms. The molecule has 1 atom stereocenters. The van der Waals surface area contributed by atoms with Gasteiger partial charge in [0, 0.05) is 13.5 Å². The number of hydrogen-bond donors (Lipinski definition) is 0. The van der Waals surface area contributed by atoms with Gasteiger partial charge in [0.1, 0.15) is 5.01 Å². The van der Waals surface area contributed by atoms with E-state index in [0.29, 0.717) is 0 Å². The summed E-state index contributed by atoms with van der Waals surface area (Å²) in [6.07, 6.45) is 2.12. The summed E-state index contributed by atoms with van der Waals surface area (Å²) in [6.45, 7) is 4.49. The van der Waals surface area contributed by atoms with Crippen molar-refractivity contribution in [1.82, 2.24) is 9.88 Å². The zero-order valence-electron chi connectivity index (χ0n) is 8.79. The average Bonchev–Trinajstić information content (AvgIpc) is 2.73. The number of likely N-dealkylation sites (tertiary alicyclic amines) is 1. The Bertz CT molecular complexity index is 371. The molecule has 82 valence electrons. The van der Waals surface area contributed by atoms with Crippen LogP contribution in [0.4, 0.5) is 0 Å². The van der Waals surface area contributed by atoms with Crippen LogP contribution in [0.2, 0.25) is 0 Å². The molecule has 3 nitrogen and oxygen atoms in total. The second-order valence-corrected chi connectivity index (χ2v) is 6.13. The highest BCUT2D eigenvalue weighted by Gasteiger charge is 2.30. The summed E-state index contributed by atoms with van der Waals surface area (Å²) in [5, 5.41) is 1.06. The molecule has 0 spiro atoms. The number of thiazole rings is 1. The largest absolute Gasteiger partial charge is 0.333 e. The topological polar surface area (TPSA) is 33.2 Å². The molecule has 1 aliphatic heterocycles. The molecule has 1 saturated heterocycles. The van der Waals surface area contributed by atoms with Gasteiger partial charge in [-0.25, -0.2) is 4.98 Å². The lowest BCUT2D eigenvalue weighted by molar-refractivity contribution is -0.129. The van der Waals surface area contributed by atoms with Crippen LogP contribution in [0, 0.1) is 6.92 Å². The average molecular weight is 289 g/mol. The molecule has 1 aliphatic rings. The lowest BCUT2D eigenvalue weighted by Crippen LogP contribution is -2.27. The summed E-state index contributed by atoms with van der Waals surface area (Å²) < 4.78 is 1.08. The molecule has 1 unspecified atom stereocenters. The van der Waals surface area contributed by atoms with Crippen LogP contribution >= 0.6 is 27.3 Å². The number of carbonyl (C=O) groups is 1. The third kappa shape index (κ3) is 2.08. The number of nitrogens with zero attached hydrogens (tertiary/aromatic N) is 2. The molecular weight excluding hydrogens is 276 g/mol. The maximum atomic E-state index is 11.4. The Hall–Kier alpha value is -0.420. The molecule has 5 heteroatoms. The standard InChI is InChI=1S/C10H13BrN2OS/c1-6-9(11)15-10(12-6)8-4-3-5-13(8)7(2)14/h8H,3-5H2,1-2H3. The second kappa shape index (κ2) is 4.22. The van der Waals surface area contributed by atoms with Crippen LogP contribution in [0.25, 0.3) is 0 Å². The normalized spacial score (nSPS) is 21.0. The SMILES string of the molecule is CC(=O)N1CCCC1c1nc(C)c(Br)s1. The molecule has 2 rings (SSSR count). The van der Waals surface area contributed by atoms with Gasteiger partial charge in [-0.1, -0.05) is 0 Å². The number of halogens is 1. The van der Waals surface area contributed by atoms with E-state index in [-0.39, 0.29) is 11.9 Å². The fourth-order valence-corrected chi connectivity index (χ4v) is 3.47. The quantitative estimate of drug-likeness (QED) is 0.796. The zero-order chi connectivity index (χ0) is 11.0. The van der Waals surface area contributed by atoms with Crippen LogP contribution in [0.5, 0.6) is 0 Å². The van der Waals surface area contributed by atoms with Crippen LogP contribution < -0.4 is 0 Å². The Morgan fingerprint density at radius 3 is 2.93 bits per heavy atom. The van der Waals surface area contributed by atoms with Crippen molar-refractivity contribution in [2.24, 2.45) is 0 Å². The van der Waals surface area contributed by atoms with E-state index in [4.69, 9.17) is 0 Å². The van der Waals surface area contributed by atoms with Crippen molar-refractivity contribution in [3.8, 4) is 0 Å². The van der Waals surface area contributed by atoms with Crippen LogP contribution in [0.15, 0.2) is 3.79 Å². The number of hydrogen-bond acceptors (Lipinski definition) is 3. The van der Waals surface area contributed by atoms with E-state index >= 15 is 0 Å². The first-order chi connectivity index (χ1) is 7.09. The van der Waals surface area contributed by atoms with Crippen molar-refractivity contribution >= 4 is 33.2 Å². The van der Waals surface area contributed by atoms with E-state index < -0.39 is 0 Å². The van der Waals surface area contributed by atoms with Crippen molar-refractivity contribution in [2.75, 3.05) is 6.54 Å². The molecule has 0 radical (unpaired) electrons. The highest BCUT2D eigenvalue weighted by atomic mass is 79.9. The first-order valence-electron chi connectivity index (χ1n) is 4.99. The van der Waals surface area contributed by atoms with Crippen molar-refractivity contribution in [2.45, 2.75) is 32.7 Å². The summed E-state index contributed by atoms with van der Waals surface area (Å²) in [4.78, 5) is 17.8. The minimum atomic E-state index is 0.154. The van der Waals surface area contributed by atoms with Crippen molar-refractivity contribution in [3.05, 3.63) is 14.5 Å². The Kier molecular flexibility index (Phi) is 3.11. The number of aryl methyl sites for hydroxylation is 1. The molecule has 0 aromatic carbocycles. The van der Waals surface area contributed by atoms with Gasteiger partial charge in [-0.3, -0.25) is 4.79 Å². The predicted molar refractivity (Wildman–Crippen MR) is 63.9 cm³/mol. The van der Waals surface area contributed by atoms with Gasteiger partial charge in [0.15, 0.2) is 0 Å². The number of amides is 1. The van der Waals surface area contributed by atoms with Gasteiger partial charge in [-0.05, 0) is 35.7 Å². The van der Waals surface area contributed by atoms with Crippen molar-refractivity contribution < 1.29 is 4.79 Å². The fourth-order valence-electron chi connectivity index (χ4n) is 1.94. The predicted octanol–water partition coefficient (Wildman–Crippen LogP) is 2.90. The molecule has 0 saturated carbocycles. The van der Waals surface area contributed by atoms with Gasteiger partial charge in [-0.2, -0.15) is 0 Å². The second-order valence-electron chi connectivity index (χ2n) is 3.78. The van der Waals surface area contributed by atoms with Crippen molar-refractivity contribution in [3.63, 3.8) is 0 Å². The minimum Gasteiger partial charge on any atom is -0.333 e. The van der Waals surface area contributed by atoms with Gasteiger partial charge in [0.25, 0.3) is 0 Å². The molecule has 1 aromatic heterocycles. The Labute approximate surface area is 102 Å². The fraction of sp³-hybridized carbons (Fsp3) is 0.600. The van der Waals surface area contributed by atoms with E-state index in [1.54, 1.807) is 18.3 Å².